The van der Waals surface area contributed by atoms with Crippen LogP contribution in [-0.2, 0) is 11.3 Å². The van der Waals surface area contributed by atoms with Gasteiger partial charge in [-0.25, -0.2) is 22.5 Å². The third-order valence-corrected chi connectivity index (χ3v) is 6.66. The van der Waals surface area contributed by atoms with Gasteiger partial charge in [0.2, 0.25) is 12.4 Å². The molecule has 0 radical (unpaired) electrons. The molecule has 230 valence electrons. The summed E-state index contributed by atoms with van der Waals surface area (Å²) in [6.07, 6.45) is 0.233. The number of carbonyl (C=O) groups excluding carboxylic acids is 2. The molecule has 4 rings (SSSR count). The summed E-state index contributed by atoms with van der Waals surface area (Å²) in [5.41, 5.74) is 0.196. The Labute approximate surface area is 251 Å². The second-order valence-corrected chi connectivity index (χ2v) is 10.1. The second kappa shape index (κ2) is 14.1. The molecule has 2 amide bonds. The summed E-state index contributed by atoms with van der Waals surface area (Å²) in [7, 11) is 5.32. The van der Waals surface area contributed by atoms with Gasteiger partial charge in [0.15, 0.2) is 5.82 Å². The lowest BCUT2D eigenvalue weighted by Crippen LogP contribution is -2.25. The summed E-state index contributed by atoms with van der Waals surface area (Å²) in [6.45, 7) is 2.42. The minimum Gasteiger partial charge on any atom is -0.353 e. The van der Waals surface area contributed by atoms with Crippen LogP contribution in [0.2, 0.25) is 0 Å². The molecule has 3 N–H and O–H groups in total. The molecule has 0 aliphatic heterocycles. The minimum atomic E-state index is -1.00. The second-order valence-electron chi connectivity index (χ2n) is 10.1. The van der Waals surface area contributed by atoms with Crippen LogP contribution < -0.4 is 20.9 Å². The molecule has 0 spiro atoms. The summed E-state index contributed by atoms with van der Waals surface area (Å²) in [6, 6.07) is 10.7. The zero-order chi connectivity index (χ0) is 32.0. The predicted molar refractivity (Wildman–Crippen MR) is 161 cm³/mol. The number of amides is 2. The maximum absolute atomic E-state index is 15.4. The van der Waals surface area contributed by atoms with E-state index < -0.39 is 34.9 Å². The predicted octanol–water partition coefficient (Wildman–Crippen LogP) is 5.25. The summed E-state index contributed by atoms with van der Waals surface area (Å²) < 4.78 is 58.6. The van der Waals surface area contributed by atoms with Crippen LogP contribution in [0, 0.1) is 30.2 Å². The zero-order valence-electron chi connectivity index (χ0n) is 24.5. The van der Waals surface area contributed by atoms with Crippen molar-refractivity contribution < 1.29 is 27.2 Å². The molecule has 13 heteroatoms. The van der Waals surface area contributed by atoms with Crippen molar-refractivity contribution in [3.8, 4) is 11.3 Å². The minimum absolute atomic E-state index is 0.00118. The van der Waals surface area contributed by atoms with Gasteiger partial charge in [-0.3, -0.25) is 14.5 Å². The average Bonchev–Trinajstić information content (AvgIpc) is 2.98. The third kappa shape index (κ3) is 7.18. The molecule has 4 aromatic rings. The summed E-state index contributed by atoms with van der Waals surface area (Å²) >= 11 is 0. The number of nitrogens with one attached hydrogen (secondary N) is 3. The van der Waals surface area contributed by atoms with Crippen molar-refractivity contribution >= 4 is 35.5 Å². The van der Waals surface area contributed by atoms with Gasteiger partial charge in [-0.15, -0.1) is 0 Å². The fourth-order valence-electron chi connectivity index (χ4n) is 4.42. The number of rotatable bonds is 12. The van der Waals surface area contributed by atoms with Gasteiger partial charge in [0, 0.05) is 42.0 Å². The van der Waals surface area contributed by atoms with Gasteiger partial charge in [-0.2, -0.15) is 4.98 Å². The number of carbonyl (C=O) groups is 2. The van der Waals surface area contributed by atoms with E-state index in [1.807, 2.05) is 19.0 Å². The highest BCUT2D eigenvalue weighted by Crippen LogP contribution is 2.37. The van der Waals surface area contributed by atoms with Crippen LogP contribution in [0.1, 0.15) is 21.5 Å². The summed E-state index contributed by atoms with van der Waals surface area (Å²) in [5, 5.41) is 8.59. The van der Waals surface area contributed by atoms with Crippen molar-refractivity contribution in [1.29, 1.82) is 0 Å². The van der Waals surface area contributed by atoms with E-state index in [9.17, 15) is 22.8 Å². The number of halogens is 4. The Hall–Kier alpha value is -4.88. The molecule has 0 aliphatic rings. The van der Waals surface area contributed by atoms with E-state index in [0.717, 1.165) is 23.1 Å². The fourth-order valence-corrected chi connectivity index (χ4v) is 4.42. The number of nitrogens with zero attached hydrogens (tertiary/aromatic N) is 4. The lowest BCUT2D eigenvalue weighted by molar-refractivity contribution is -0.106. The largest absolute Gasteiger partial charge is 0.353 e. The van der Waals surface area contributed by atoms with Crippen LogP contribution in [0.4, 0.5) is 40.7 Å². The van der Waals surface area contributed by atoms with Crippen LogP contribution in [-0.4, -0.2) is 61.4 Å². The number of para-hydroxylation sites is 1. The van der Waals surface area contributed by atoms with E-state index >= 15 is 4.39 Å². The normalized spacial score (nSPS) is 11.0. The fraction of sp³-hybridized carbons (Fsp3) is 0.226. The Bertz CT molecular complexity index is 1650. The highest BCUT2D eigenvalue weighted by atomic mass is 19.1. The van der Waals surface area contributed by atoms with Gasteiger partial charge in [-0.05, 0) is 82.2 Å². The molecule has 0 atom stereocenters. The van der Waals surface area contributed by atoms with Crippen molar-refractivity contribution in [3.63, 3.8) is 0 Å². The Morgan fingerprint density at radius 2 is 1.64 bits per heavy atom. The zero-order valence-corrected chi connectivity index (χ0v) is 24.5. The highest BCUT2D eigenvalue weighted by molar-refractivity contribution is 6.05. The molecule has 0 bridgehead atoms. The van der Waals surface area contributed by atoms with Crippen molar-refractivity contribution in [3.05, 3.63) is 94.6 Å². The van der Waals surface area contributed by atoms with E-state index in [2.05, 4.69) is 25.9 Å². The van der Waals surface area contributed by atoms with Crippen LogP contribution in [0.5, 0.6) is 0 Å². The molecule has 1 heterocycles. The molecule has 0 unspecified atom stereocenters. The molecule has 44 heavy (non-hydrogen) atoms. The van der Waals surface area contributed by atoms with Crippen LogP contribution in [0.15, 0.2) is 54.6 Å². The molecular weight excluding hydrogens is 578 g/mol. The van der Waals surface area contributed by atoms with Crippen molar-refractivity contribution in [2.24, 2.45) is 0 Å². The number of hydrogen-bond acceptors (Lipinski definition) is 7. The van der Waals surface area contributed by atoms with Gasteiger partial charge in [0.1, 0.15) is 29.0 Å². The quantitative estimate of drug-likeness (QED) is 0.149. The molecular formula is C31H31F4N7O2. The number of benzene rings is 3. The highest BCUT2D eigenvalue weighted by Gasteiger charge is 2.27. The Kier molecular flexibility index (Phi) is 10.2. The van der Waals surface area contributed by atoms with Gasteiger partial charge in [-0.1, -0.05) is 6.07 Å². The van der Waals surface area contributed by atoms with Crippen LogP contribution in [0.25, 0.3) is 11.3 Å². The number of hydrogen-bond donors (Lipinski definition) is 3. The smallest absolute Gasteiger partial charge is 0.255 e. The Morgan fingerprint density at radius 1 is 0.955 bits per heavy atom. The van der Waals surface area contributed by atoms with E-state index in [-0.39, 0.29) is 52.7 Å². The lowest BCUT2D eigenvalue weighted by atomic mass is 9.97. The van der Waals surface area contributed by atoms with E-state index in [1.165, 1.54) is 43.3 Å². The summed E-state index contributed by atoms with van der Waals surface area (Å²) in [4.78, 5) is 37.3. The summed E-state index contributed by atoms with van der Waals surface area (Å²) in [5.74, 6) is -4.05. The Morgan fingerprint density at radius 3 is 2.25 bits per heavy atom. The first kappa shape index (κ1) is 32.0. The van der Waals surface area contributed by atoms with Crippen LogP contribution in [0.3, 0.4) is 0 Å². The molecule has 1 aromatic heterocycles. The lowest BCUT2D eigenvalue weighted by Gasteiger charge is -2.24. The number of aromatic nitrogens is 2. The van der Waals surface area contributed by atoms with Crippen LogP contribution >= 0.6 is 0 Å². The van der Waals surface area contributed by atoms with Gasteiger partial charge in [0.25, 0.3) is 5.91 Å². The molecule has 0 saturated heterocycles. The maximum atomic E-state index is 15.4. The molecule has 0 fully saturated rings. The van der Waals surface area contributed by atoms with Crippen molar-refractivity contribution in [2.45, 2.75) is 13.5 Å². The van der Waals surface area contributed by atoms with Gasteiger partial charge < -0.3 is 20.9 Å². The topological polar surface area (TPSA) is 102 Å². The first-order chi connectivity index (χ1) is 21.0. The first-order valence-electron chi connectivity index (χ1n) is 13.5. The Balaban J connectivity index is 1.93. The number of likely N-dealkylation sites (N-methyl/N-ethyl adjacent to an activating group) is 1. The van der Waals surface area contributed by atoms with Crippen molar-refractivity contribution in [1.82, 2.24) is 20.2 Å². The van der Waals surface area contributed by atoms with Gasteiger partial charge in [0.05, 0.1) is 5.69 Å². The monoisotopic (exact) mass is 609 g/mol. The third-order valence-electron chi connectivity index (χ3n) is 6.66. The van der Waals surface area contributed by atoms with E-state index in [4.69, 9.17) is 0 Å². The van der Waals surface area contributed by atoms with E-state index in [1.54, 1.807) is 7.05 Å². The average molecular weight is 610 g/mol. The van der Waals surface area contributed by atoms with Gasteiger partial charge >= 0.3 is 0 Å². The molecule has 0 aliphatic carbocycles. The van der Waals surface area contributed by atoms with Crippen molar-refractivity contribution in [2.75, 3.05) is 49.8 Å². The molecule has 0 saturated carbocycles. The standard InChI is InChI=1S/C31H31F4N7O2/c1-18-22(14-19(15-26(18)35)30(44)38-21-10-8-20(32)9-11-21)27-23(16-36-2)29(40-31(39-27)37-12-13-41(3)4)42(17-43)28-24(33)6-5-7-25(28)34/h5-11,14-15,17,36H,12-13,16H2,1-4H3,(H,38,44)(H,37,39,40). The number of anilines is 4. The SMILES string of the molecule is CNCc1c(-c2cc(C(=O)Nc3ccc(F)cc3)cc(F)c2C)nc(NCCN(C)C)nc1N(C=O)c1c(F)cccc1F. The van der Waals surface area contributed by atoms with E-state index in [0.29, 0.717) is 18.8 Å². The molecule has 3 aromatic carbocycles. The molecule has 9 nitrogen and oxygen atoms in total. The maximum Gasteiger partial charge on any atom is 0.255 e. The first-order valence-corrected chi connectivity index (χ1v) is 13.5.